The molecule has 1 atom stereocenters. The summed E-state index contributed by atoms with van der Waals surface area (Å²) in [5, 5.41) is 3.70. The lowest BCUT2D eigenvalue weighted by Gasteiger charge is -2.23. The second kappa shape index (κ2) is 9.37. The molecule has 0 unspecified atom stereocenters. The summed E-state index contributed by atoms with van der Waals surface area (Å²) in [6, 6.07) is 10.5. The van der Waals surface area contributed by atoms with E-state index in [0.29, 0.717) is 23.1 Å². The van der Waals surface area contributed by atoms with Gasteiger partial charge in [-0.1, -0.05) is 44.2 Å². The van der Waals surface area contributed by atoms with Gasteiger partial charge in [0.25, 0.3) is 0 Å². The van der Waals surface area contributed by atoms with Crippen LogP contribution in [0.5, 0.6) is 0 Å². The van der Waals surface area contributed by atoms with Gasteiger partial charge in [0.15, 0.2) is 0 Å². The van der Waals surface area contributed by atoms with Crippen LogP contribution >= 0.6 is 11.3 Å². The van der Waals surface area contributed by atoms with E-state index in [9.17, 15) is 9.59 Å². The van der Waals surface area contributed by atoms with Crippen LogP contribution in [-0.4, -0.2) is 18.5 Å². The maximum atomic E-state index is 12.7. The molecule has 0 spiro atoms. The molecular weight excluding hydrogens is 370 g/mol. The highest BCUT2D eigenvalue weighted by Gasteiger charge is 2.31. The third-order valence-corrected chi connectivity index (χ3v) is 6.78. The first-order chi connectivity index (χ1) is 13.6. The number of thiophene rings is 1. The van der Waals surface area contributed by atoms with E-state index >= 15 is 0 Å². The van der Waals surface area contributed by atoms with Gasteiger partial charge in [0.1, 0.15) is 5.00 Å². The van der Waals surface area contributed by atoms with Gasteiger partial charge in [-0.3, -0.25) is 4.79 Å². The minimum atomic E-state index is -0.321. The summed E-state index contributed by atoms with van der Waals surface area (Å²) in [7, 11) is 0. The minimum absolute atomic E-state index is 0.00578. The number of ether oxygens (including phenoxy) is 1. The maximum Gasteiger partial charge on any atom is 0.341 e. The summed E-state index contributed by atoms with van der Waals surface area (Å²) >= 11 is 1.55. The van der Waals surface area contributed by atoms with Crippen LogP contribution in [0.3, 0.4) is 0 Å². The van der Waals surface area contributed by atoms with E-state index in [2.05, 4.69) is 29.6 Å². The fourth-order valence-corrected chi connectivity index (χ4v) is 5.29. The number of carbonyl (C=O) groups excluding carboxylic acids is 2. The number of esters is 1. The molecule has 2 aromatic rings. The van der Waals surface area contributed by atoms with E-state index in [1.54, 1.807) is 11.3 Å². The van der Waals surface area contributed by atoms with Crippen molar-refractivity contribution in [2.75, 3.05) is 11.9 Å². The van der Waals surface area contributed by atoms with Crippen molar-refractivity contribution in [3.8, 4) is 0 Å². The minimum Gasteiger partial charge on any atom is -0.462 e. The Balaban J connectivity index is 1.91. The fraction of sp³-hybridized carbons (Fsp3) is 0.478. The van der Waals surface area contributed by atoms with Gasteiger partial charge in [0.05, 0.1) is 12.2 Å². The third-order valence-electron chi connectivity index (χ3n) is 5.61. The van der Waals surface area contributed by atoms with Crippen LogP contribution in [0.1, 0.15) is 72.3 Å². The lowest BCUT2D eigenvalue weighted by atomic mass is 9.83. The van der Waals surface area contributed by atoms with Crippen LogP contribution in [0.4, 0.5) is 5.00 Å². The summed E-state index contributed by atoms with van der Waals surface area (Å²) in [6.07, 6.45) is 4.31. The monoisotopic (exact) mass is 399 g/mol. The van der Waals surface area contributed by atoms with Crippen LogP contribution in [-0.2, 0) is 22.4 Å². The molecule has 0 aliphatic heterocycles. The average molecular weight is 400 g/mol. The molecule has 1 aromatic carbocycles. The van der Waals surface area contributed by atoms with E-state index in [1.165, 1.54) is 10.4 Å². The Kier molecular flexibility index (Phi) is 6.89. The SMILES string of the molecule is CCOC(=O)c1c(NC(=O)C(CC)CC)sc2c1CC[C@@H](c1ccccc1)C2. The van der Waals surface area contributed by atoms with Crippen molar-refractivity contribution < 1.29 is 14.3 Å². The van der Waals surface area contributed by atoms with Gasteiger partial charge in [0, 0.05) is 10.8 Å². The van der Waals surface area contributed by atoms with Crippen molar-refractivity contribution in [2.24, 2.45) is 5.92 Å². The second-order valence-corrected chi connectivity index (χ2v) is 8.39. The molecule has 0 radical (unpaired) electrons. The van der Waals surface area contributed by atoms with E-state index in [0.717, 1.165) is 37.7 Å². The van der Waals surface area contributed by atoms with Gasteiger partial charge < -0.3 is 10.1 Å². The quantitative estimate of drug-likeness (QED) is 0.619. The van der Waals surface area contributed by atoms with Gasteiger partial charge in [0.2, 0.25) is 5.91 Å². The first kappa shape index (κ1) is 20.6. The number of anilines is 1. The zero-order chi connectivity index (χ0) is 20.1. The molecule has 3 rings (SSSR count). The Morgan fingerprint density at radius 3 is 2.54 bits per heavy atom. The van der Waals surface area contributed by atoms with E-state index < -0.39 is 0 Å². The first-order valence-corrected chi connectivity index (χ1v) is 11.1. The predicted octanol–water partition coefficient (Wildman–Crippen LogP) is 5.57. The molecule has 4 nitrogen and oxygen atoms in total. The molecule has 0 bridgehead atoms. The van der Waals surface area contributed by atoms with Crippen molar-refractivity contribution in [1.29, 1.82) is 0 Å². The van der Waals surface area contributed by atoms with Crippen molar-refractivity contribution in [2.45, 2.75) is 58.8 Å². The van der Waals surface area contributed by atoms with Crippen LogP contribution in [0.25, 0.3) is 0 Å². The topological polar surface area (TPSA) is 55.4 Å². The molecule has 1 N–H and O–H groups in total. The Labute approximate surface area is 171 Å². The van der Waals surface area contributed by atoms with Crippen molar-refractivity contribution >= 4 is 28.2 Å². The Morgan fingerprint density at radius 1 is 1.18 bits per heavy atom. The highest BCUT2D eigenvalue weighted by atomic mass is 32.1. The summed E-state index contributed by atoms with van der Waals surface area (Å²) in [6.45, 7) is 6.18. The second-order valence-electron chi connectivity index (χ2n) is 7.28. The zero-order valence-electron chi connectivity index (χ0n) is 16.9. The first-order valence-electron chi connectivity index (χ1n) is 10.3. The smallest absolute Gasteiger partial charge is 0.341 e. The highest BCUT2D eigenvalue weighted by molar-refractivity contribution is 7.17. The number of amides is 1. The van der Waals surface area contributed by atoms with Crippen LogP contribution in [0.15, 0.2) is 30.3 Å². The fourth-order valence-electron chi connectivity index (χ4n) is 3.98. The standard InChI is InChI=1S/C23H29NO3S/c1-4-15(5-2)21(25)24-22-20(23(26)27-6-3)18-13-12-17(14-19(18)28-22)16-10-8-7-9-11-16/h7-11,15,17H,4-6,12-14H2,1-3H3,(H,24,25)/t17-/m1/s1. The molecule has 1 aromatic heterocycles. The number of hydrogen-bond donors (Lipinski definition) is 1. The summed E-state index contributed by atoms with van der Waals surface area (Å²) in [5.41, 5.74) is 2.98. The zero-order valence-corrected chi connectivity index (χ0v) is 17.7. The van der Waals surface area contributed by atoms with Gasteiger partial charge in [-0.05, 0) is 56.1 Å². The molecule has 1 amide bonds. The number of rotatable bonds is 7. The van der Waals surface area contributed by atoms with E-state index in [-0.39, 0.29) is 17.8 Å². The molecule has 150 valence electrons. The van der Waals surface area contributed by atoms with Crippen molar-refractivity contribution in [3.63, 3.8) is 0 Å². The molecule has 1 heterocycles. The molecule has 1 aliphatic rings. The lowest BCUT2D eigenvalue weighted by molar-refractivity contribution is -0.120. The average Bonchev–Trinajstić information content (AvgIpc) is 3.06. The number of benzene rings is 1. The highest BCUT2D eigenvalue weighted by Crippen LogP contribution is 2.43. The van der Waals surface area contributed by atoms with E-state index in [4.69, 9.17) is 4.74 Å². The Morgan fingerprint density at radius 2 is 1.89 bits per heavy atom. The van der Waals surface area contributed by atoms with Crippen molar-refractivity contribution in [3.05, 3.63) is 51.9 Å². The molecule has 0 saturated carbocycles. The van der Waals surface area contributed by atoms with Crippen LogP contribution < -0.4 is 5.32 Å². The Hall–Kier alpha value is -2.14. The van der Waals surface area contributed by atoms with Crippen molar-refractivity contribution in [1.82, 2.24) is 0 Å². The predicted molar refractivity (Wildman–Crippen MR) is 114 cm³/mol. The molecule has 5 heteroatoms. The van der Waals surface area contributed by atoms with E-state index in [1.807, 2.05) is 26.8 Å². The Bertz CT molecular complexity index is 824. The van der Waals surface area contributed by atoms with Gasteiger partial charge in [-0.2, -0.15) is 0 Å². The van der Waals surface area contributed by atoms with Crippen LogP contribution in [0, 0.1) is 5.92 Å². The molecule has 28 heavy (non-hydrogen) atoms. The molecule has 0 fully saturated rings. The number of nitrogens with one attached hydrogen (secondary N) is 1. The molecule has 1 aliphatic carbocycles. The van der Waals surface area contributed by atoms with Gasteiger partial charge >= 0.3 is 5.97 Å². The number of hydrogen-bond acceptors (Lipinski definition) is 4. The number of fused-ring (bicyclic) bond motifs is 1. The third kappa shape index (κ3) is 4.30. The van der Waals surface area contributed by atoms with Gasteiger partial charge in [-0.25, -0.2) is 4.79 Å². The van der Waals surface area contributed by atoms with Gasteiger partial charge in [-0.15, -0.1) is 11.3 Å². The summed E-state index contributed by atoms with van der Waals surface area (Å²) in [4.78, 5) is 26.5. The van der Waals surface area contributed by atoms with Crippen LogP contribution in [0.2, 0.25) is 0 Å². The normalized spacial score (nSPS) is 15.9. The lowest BCUT2D eigenvalue weighted by Crippen LogP contribution is -2.22. The number of carbonyl (C=O) groups is 2. The summed E-state index contributed by atoms with van der Waals surface area (Å²) in [5.74, 6) is 0.0861. The summed E-state index contributed by atoms with van der Waals surface area (Å²) < 4.78 is 5.32. The largest absolute Gasteiger partial charge is 0.462 e. The molecular formula is C23H29NO3S. The maximum absolute atomic E-state index is 12.7. The molecule has 0 saturated heterocycles.